The number of hydrogen-bond donors (Lipinski definition) is 0. The van der Waals surface area contributed by atoms with Gasteiger partial charge in [0.25, 0.3) is 0 Å². The van der Waals surface area contributed by atoms with E-state index in [1.54, 1.807) is 0 Å². The molecule has 32 heavy (non-hydrogen) atoms. The number of fused-ring (bicyclic) bond motifs is 5. The average molecular weight is 431 g/mol. The minimum atomic E-state index is -0.374. The van der Waals surface area contributed by atoms with Gasteiger partial charge in [-0.3, -0.25) is 9.59 Å². The minimum Gasteiger partial charge on any atom is -0.430 e. The van der Waals surface area contributed by atoms with Gasteiger partial charge in [0.15, 0.2) is 5.78 Å². The lowest BCUT2D eigenvalue weighted by Gasteiger charge is -2.21. The second kappa shape index (κ2) is 8.00. The first-order valence-electron chi connectivity index (χ1n) is 11.8. The van der Waals surface area contributed by atoms with Crippen LogP contribution < -0.4 is 0 Å². The first-order valence-corrected chi connectivity index (χ1v) is 11.8. The fourth-order valence-electron chi connectivity index (χ4n) is 5.88. The topological polar surface area (TPSA) is 52.6 Å². The zero-order valence-electron chi connectivity index (χ0n) is 19.2. The summed E-state index contributed by atoms with van der Waals surface area (Å²) in [5, 5.41) is 0. The molecule has 4 heteroatoms. The molecule has 0 saturated carbocycles. The Balaban J connectivity index is 1.70. The van der Waals surface area contributed by atoms with E-state index in [9.17, 15) is 9.59 Å². The van der Waals surface area contributed by atoms with Crippen LogP contribution in [0, 0.1) is 18.8 Å². The smallest absolute Gasteiger partial charge is 0.307 e. The van der Waals surface area contributed by atoms with Crippen molar-refractivity contribution < 1.29 is 19.1 Å². The highest BCUT2D eigenvalue weighted by Crippen LogP contribution is 2.55. The first-order chi connectivity index (χ1) is 15.4. The van der Waals surface area contributed by atoms with Gasteiger partial charge >= 0.3 is 5.97 Å². The number of esters is 1. The van der Waals surface area contributed by atoms with Crippen LogP contribution in [0.4, 0.5) is 0 Å². The minimum absolute atomic E-state index is 0.0252. The molecule has 0 aromatic heterocycles. The largest absolute Gasteiger partial charge is 0.430 e. The Labute approximate surface area is 189 Å². The van der Waals surface area contributed by atoms with Gasteiger partial charge in [0.05, 0.1) is 29.6 Å². The number of ketones is 1. The first kappa shape index (κ1) is 21.1. The quantitative estimate of drug-likeness (QED) is 0.593. The van der Waals surface area contributed by atoms with Crippen molar-refractivity contribution in [2.24, 2.45) is 11.8 Å². The van der Waals surface area contributed by atoms with E-state index in [2.05, 4.69) is 57.2 Å². The van der Waals surface area contributed by atoms with Crippen molar-refractivity contribution in [3.63, 3.8) is 0 Å². The van der Waals surface area contributed by atoms with Gasteiger partial charge in [0.2, 0.25) is 0 Å². The lowest BCUT2D eigenvalue weighted by molar-refractivity contribution is -0.138. The van der Waals surface area contributed by atoms with Gasteiger partial charge in [0, 0.05) is 6.92 Å². The Bertz CT molecular complexity index is 1100. The molecule has 5 rings (SSSR count). The maximum atomic E-state index is 13.8. The molecule has 0 radical (unpaired) electrons. The third-order valence-corrected chi connectivity index (χ3v) is 7.32. The van der Waals surface area contributed by atoms with Crippen molar-refractivity contribution in [2.45, 2.75) is 65.6 Å². The SMILES string of the molecule is CCc1cc(-c2ccc(C)cc2)cc(CC)c1C1=C(OC(C)=O)[C@H]2[C@@H](C1=O)[C@@H]1CC[C@H]2O1. The van der Waals surface area contributed by atoms with E-state index in [0.29, 0.717) is 11.3 Å². The Hall–Kier alpha value is -2.72. The standard InChI is InChI=1S/C28H30O4/c1-5-17-13-20(19-9-7-15(3)8-10-19)14-18(6-2)23(17)26-27(30)24-21-11-12-22(32-21)25(24)28(26)31-16(4)29/h7-10,13-14,21-22,24-25H,5-6,11-12H2,1-4H3/t21-,22+,24-,25+/m0/s1. The van der Waals surface area contributed by atoms with Crippen molar-refractivity contribution in [3.05, 3.63) is 64.4 Å². The van der Waals surface area contributed by atoms with Gasteiger partial charge in [-0.2, -0.15) is 0 Å². The molecular formula is C28H30O4. The second-order valence-electron chi connectivity index (χ2n) is 9.28. The number of aryl methyl sites for hydroxylation is 3. The van der Waals surface area contributed by atoms with E-state index in [0.717, 1.165) is 47.9 Å². The van der Waals surface area contributed by atoms with E-state index in [1.165, 1.54) is 18.1 Å². The van der Waals surface area contributed by atoms with Gasteiger partial charge in [-0.25, -0.2) is 0 Å². The van der Waals surface area contributed by atoms with Crippen LogP contribution in [0.2, 0.25) is 0 Å². The number of rotatable bonds is 5. The molecule has 0 unspecified atom stereocenters. The normalized spacial score (nSPS) is 26.1. The molecule has 4 nitrogen and oxygen atoms in total. The molecule has 2 saturated heterocycles. The van der Waals surface area contributed by atoms with Crippen LogP contribution in [-0.4, -0.2) is 24.0 Å². The number of Topliss-reactive ketones (excluding diaryl/α,β-unsaturated/α-hetero) is 1. The van der Waals surface area contributed by atoms with Crippen LogP contribution >= 0.6 is 0 Å². The maximum absolute atomic E-state index is 13.8. The molecule has 2 aliphatic heterocycles. The molecule has 1 aliphatic carbocycles. The number of benzene rings is 2. The van der Waals surface area contributed by atoms with Gasteiger partial charge in [0.1, 0.15) is 5.76 Å². The van der Waals surface area contributed by atoms with Crippen molar-refractivity contribution in [1.29, 1.82) is 0 Å². The van der Waals surface area contributed by atoms with Crippen molar-refractivity contribution in [3.8, 4) is 11.1 Å². The van der Waals surface area contributed by atoms with Crippen LogP contribution in [0.1, 0.15) is 55.9 Å². The summed E-state index contributed by atoms with van der Waals surface area (Å²) in [5.74, 6) is -0.0881. The summed E-state index contributed by atoms with van der Waals surface area (Å²) in [5.41, 5.74) is 7.41. The summed E-state index contributed by atoms with van der Waals surface area (Å²) in [4.78, 5) is 25.8. The Morgan fingerprint density at radius 3 is 2.12 bits per heavy atom. The summed E-state index contributed by atoms with van der Waals surface area (Å²) in [6, 6.07) is 12.9. The average Bonchev–Trinajstić information content (AvgIpc) is 3.47. The number of ether oxygens (including phenoxy) is 2. The molecule has 4 atom stereocenters. The number of carbonyl (C=O) groups excluding carboxylic acids is 2. The third-order valence-electron chi connectivity index (χ3n) is 7.32. The highest BCUT2D eigenvalue weighted by atomic mass is 16.5. The zero-order chi connectivity index (χ0) is 22.6. The fourth-order valence-corrected chi connectivity index (χ4v) is 5.88. The van der Waals surface area contributed by atoms with Gasteiger partial charge in [-0.1, -0.05) is 55.8 Å². The molecule has 2 aromatic carbocycles. The fraction of sp³-hybridized carbons (Fsp3) is 0.429. The van der Waals surface area contributed by atoms with Crippen LogP contribution in [0.3, 0.4) is 0 Å². The Kier molecular flexibility index (Phi) is 5.29. The maximum Gasteiger partial charge on any atom is 0.307 e. The molecule has 2 aromatic rings. The number of hydrogen-bond acceptors (Lipinski definition) is 4. The summed E-state index contributed by atoms with van der Waals surface area (Å²) in [6.45, 7) is 7.75. The molecule has 0 spiro atoms. The van der Waals surface area contributed by atoms with Gasteiger partial charge in [-0.15, -0.1) is 0 Å². The van der Waals surface area contributed by atoms with E-state index in [1.807, 2.05) is 0 Å². The summed E-state index contributed by atoms with van der Waals surface area (Å²) in [6.07, 6.45) is 3.34. The van der Waals surface area contributed by atoms with Crippen LogP contribution in [0.15, 0.2) is 42.2 Å². The van der Waals surface area contributed by atoms with E-state index >= 15 is 0 Å². The predicted molar refractivity (Wildman–Crippen MR) is 124 cm³/mol. The van der Waals surface area contributed by atoms with Gasteiger partial charge in [-0.05, 0) is 60.4 Å². The molecule has 0 amide bonds. The van der Waals surface area contributed by atoms with E-state index < -0.39 is 0 Å². The second-order valence-corrected chi connectivity index (χ2v) is 9.28. The highest BCUT2D eigenvalue weighted by molar-refractivity contribution is 6.26. The van der Waals surface area contributed by atoms with Crippen molar-refractivity contribution >= 4 is 17.3 Å². The van der Waals surface area contributed by atoms with E-state index in [4.69, 9.17) is 9.47 Å². The van der Waals surface area contributed by atoms with E-state index in [-0.39, 0.29) is 35.8 Å². The Morgan fingerprint density at radius 2 is 1.56 bits per heavy atom. The number of carbonyl (C=O) groups is 2. The summed E-state index contributed by atoms with van der Waals surface area (Å²) < 4.78 is 11.8. The molecule has 2 fully saturated rings. The molecule has 2 bridgehead atoms. The molecular weight excluding hydrogens is 400 g/mol. The molecule has 3 aliphatic rings. The Morgan fingerprint density at radius 1 is 0.969 bits per heavy atom. The zero-order valence-corrected chi connectivity index (χ0v) is 19.2. The summed E-state index contributed by atoms with van der Waals surface area (Å²) >= 11 is 0. The lowest BCUT2D eigenvalue weighted by atomic mass is 9.80. The lowest BCUT2D eigenvalue weighted by Crippen LogP contribution is -2.29. The monoisotopic (exact) mass is 430 g/mol. The van der Waals surface area contributed by atoms with Crippen LogP contribution in [0.25, 0.3) is 16.7 Å². The number of allylic oxidation sites excluding steroid dienone is 1. The van der Waals surface area contributed by atoms with Crippen LogP contribution in [-0.2, 0) is 31.9 Å². The molecule has 166 valence electrons. The van der Waals surface area contributed by atoms with Crippen molar-refractivity contribution in [2.75, 3.05) is 0 Å². The van der Waals surface area contributed by atoms with Crippen LogP contribution in [0.5, 0.6) is 0 Å². The summed E-state index contributed by atoms with van der Waals surface area (Å²) in [7, 11) is 0. The molecule has 0 N–H and O–H groups in total. The molecule has 2 heterocycles. The highest BCUT2D eigenvalue weighted by Gasteiger charge is 2.60. The van der Waals surface area contributed by atoms with Crippen molar-refractivity contribution in [1.82, 2.24) is 0 Å². The predicted octanol–water partition coefficient (Wildman–Crippen LogP) is 5.44. The third kappa shape index (κ3) is 3.24. The van der Waals surface area contributed by atoms with Gasteiger partial charge < -0.3 is 9.47 Å².